The molecule has 2 aromatic rings. The first-order valence-electron chi connectivity index (χ1n) is 10.5. The van der Waals surface area contributed by atoms with E-state index in [1.54, 1.807) is 11.3 Å². The highest BCUT2D eigenvalue weighted by Gasteiger charge is 2.38. The second kappa shape index (κ2) is 7.94. The van der Waals surface area contributed by atoms with E-state index in [0.717, 1.165) is 24.8 Å². The Morgan fingerprint density at radius 3 is 2.52 bits per heavy atom. The van der Waals surface area contributed by atoms with E-state index < -0.39 is 0 Å². The molecule has 4 rings (SSSR count). The van der Waals surface area contributed by atoms with Gasteiger partial charge in [-0.25, -0.2) is 0 Å². The minimum atomic E-state index is -0.0729. The van der Waals surface area contributed by atoms with E-state index in [1.165, 1.54) is 10.4 Å². The highest BCUT2D eigenvalue weighted by Crippen LogP contribution is 2.38. The van der Waals surface area contributed by atoms with Crippen molar-refractivity contribution in [2.24, 2.45) is 5.41 Å². The molecule has 0 bridgehead atoms. The summed E-state index contributed by atoms with van der Waals surface area (Å²) in [4.78, 5) is 31.6. The van der Waals surface area contributed by atoms with Gasteiger partial charge < -0.3 is 9.80 Å². The average Bonchev–Trinajstić information content (AvgIpc) is 3.40. The smallest absolute Gasteiger partial charge is 0.243 e. The third-order valence-electron chi connectivity index (χ3n) is 5.70. The Bertz CT molecular complexity index is 880. The van der Waals surface area contributed by atoms with Crippen LogP contribution in [0.1, 0.15) is 62.1 Å². The fourth-order valence-electron chi connectivity index (χ4n) is 4.18. The summed E-state index contributed by atoms with van der Waals surface area (Å²) in [6.45, 7) is 7.13. The van der Waals surface area contributed by atoms with E-state index >= 15 is 0 Å². The number of thiophene rings is 1. The van der Waals surface area contributed by atoms with Crippen LogP contribution in [0.2, 0.25) is 0 Å². The van der Waals surface area contributed by atoms with Gasteiger partial charge in [0.15, 0.2) is 0 Å². The maximum atomic E-state index is 13.5. The molecule has 4 nitrogen and oxygen atoms in total. The molecule has 0 spiro atoms. The van der Waals surface area contributed by atoms with Crippen molar-refractivity contribution in [2.75, 3.05) is 13.1 Å². The van der Waals surface area contributed by atoms with E-state index in [4.69, 9.17) is 0 Å². The number of carbonyl (C=O) groups excluding carboxylic acids is 2. The van der Waals surface area contributed by atoms with Crippen LogP contribution < -0.4 is 0 Å². The number of amides is 2. The largest absolute Gasteiger partial charge is 0.330 e. The van der Waals surface area contributed by atoms with Gasteiger partial charge in [-0.1, -0.05) is 51.1 Å². The van der Waals surface area contributed by atoms with Crippen molar-refractivity contribution >= 4 is 23.2 Å². The minimum Gasteiger partial charge on any atom is -0.330 e. The Morgan fingerprint density at radius 2 is 1.86 bits per heavy atom. The Morgan fingerprint density at radius 1 is 1.14 bits per heavy atom. The van der Waals surface area contributed by atoms with Crippen molar-refractivity contribution in [3.8, 4) is 0 Å². The summed E-state index contributed by atoms with van der Waals surface area (Å²) in [5.41, 5.74) is 2.30. The van der Waals surface area contributed by atoms with Gasteiger partial charge in [0.05, 0.1) is 6.04 Å². The van der Waals surface area contributed by atoms with Crippen LogP contribution in [0.5, 0.6) is 0 Å². The molecule has 1 unspecified atom stereocenters. The van der Waals surface area contributed by atoms with Crippen LogP contribution in [0.3, 0.4) is 0 Å². The summed E-state index contributed by atoms with van der Waals surface area (Å²) in [6, 6.07) is 12.6. The number of nitrogens with zero attached hydrogens (tertiary/aromatic N) is 2. The molecule has 29 heavy (non-hydrogen) atoms. The normalized spacial score (nSPS) is 19.0. The standard InChI is InChI=1S/C24H30N2O2S/c1-24(2,3)15-21(27)26(18-9-10-18)16-22(28)25-13-11-20-19(12-14-29-20)23(25)17-7-5-4-6-8-17/h4-8,12,14,18,23H,9-11,13,15-16H2,1-3H3. The Balaban J connectivity index is 1.57. The first kappa shape index (κ1) is 20.1. The lowest BCUT2D eigenvalue weighted by atomic mass is 9.91. The lowest BCUT2D eigenvalue weighted by molar-refractivity contribution is -0.143. The van der Waals surface area contributed by atoms with E-state index in [-0.39, 0.29) is 35.9 Å². The van der Waals surface area contributed by atoms with Gasteiger partial charge in [-0.05, 0) is 47.3 Å². The fourth-order valence-corrected chi connectivity index (χ4v) is 5.08. The molecule has 154 valence electrons. The third kappa shape index (κ3) is 4.55. The van der Waals surface area contributed by atoms with Crippen LogP contribution in [0.25, 0.3) is 0 Å². The topological polar surface area (TPSA) is 40.6 Å². The molecule has 1 aromatic heterocycles. The van der Waals surface area contributed by atoms with Crippen molar-refractivity contribution in [1.82, 2.24) is 9.80 Å². The molecular formula is C24H30N2O2S. The number of rotatable bonds is 5. The van der Waals surface area contributed by atoms with E-state index in [0.29, 0.717) is 13.0 Å². The summed E-state index contributed by atoms with van der Waals surface area (Å²) < 4.78 is 0. The molecule has 2 heterocycles. The molecule has 1 aliphatic carbocycles. The van der Waals surface area contributed by atoms with Gasteiger partial charge in [-0.3, -0.25) is 9.59 Å². The van der Waals surface area contributed by atoms with Crippen molar-refractivity contribution in [1.29, 1.82) is 0 Å². The molecule has 1 fully saturated rings. The minimum absolute atomic E-state index is 0.0579. The number of carbonyl (C=O) groups is 2. The molecular weight excluding hydrogens is 380 g/mol. The zero-order valence-electron chi connectivity index (χ0n) is 17.6. The van der Waals surface area contributed by atoms with Crippen molar-refractivity contribution in [3.63, 3.8) is 0 Å². The Hall–Kier alpha value is -2.14. The monoisotopic (exact) mass is 410 g/mol. The second-order valence-corrected chi connectivity index (χ2v) is 10.4. The van der Waals surface area contributed by atoms with Crippen molar-refractivity contribution < 1.29 is 9.59 Å². The van der Waals surface area contributed by atoms with Crippen LogP contribution in [0.15, 0.2) is 41.8 Å². The maximum Gasteiger partial charge on any atom is 0.243 e. The summed E-state index contributed by atoms with van der Waals surface area (Å²) >= 11 is 1.78. The quantitative estimate of drug-likeness (QED) is 0.720. The van der Waals surface area contributed by atoms with Gasteiger partial charge >= 0.3 is 0 Å². The molecule has 1 aromatic carbocycles. The second-order valence-electron chi connectivity index (χ2n) is 9.44. The van der Waals surface area contributed by atoms with Gasteiger partial charge in [0.2, 0.25) is 11.8 Å². The summed E-state index contributed by atoms with van der Waals surface area (Å²) in [5.74, 6) is 0.169. The van der Waals surface area contributed by atoms with Gasteiger partial charge in [-0.15, -0.1) is 11.3 Å². The molecule has 1 saturated carbocycles. The zero-order chi connectivity index (χ0) is 20.6. The lowest BCUT2D eigenvalue weighted by Crippen LogP contribution is -2.47. The van der Waals surface area contributed by atoms with Gasteiger partial charge in [0, 0.05) is 23.9 Å². The van der Waals surface area contributed by atoms with Gasteiger partial charge in [0.25, 0.3) is 0 Å². The molecule has 2 amide bonds. The van der Waals surface area contributed by atoms with Crippen molar-refractivity contribution in [3.05, 3.63) is 57.8 Å². The Kier molecular flexibility index (Phi) is 5.52. The SMILES string of the molecule is CC(C)(C)CC(=O)N(CC(=O)N1CCc2sccc2C1c1ccccc1)C1CC1. The Labute approximate surface area is 177 Å². The highest BCUT2D eigenvalue weighted by atomic mass is 32.1. The summed E-state index contributed by atoms with van der Waals surface area (Å²) in [6.07, 6.45) is 3.40. The van der Waals surface area contributed by atoms with E-state index in [2.05, 4.69) is 44.4 Å². The molecule has 1 atom stereocenters. The zero-order valence-corrected chi connectivity index (χ0v) is 18.4. The van der Waals surface area contributed by atoms with E-state index in [1.807, 2.05) is 28.0 Å². The number of hydrogen-bond acceptors (Lipinski definition) is 3. The molecule has 0 N–H and O–H groups in total. The average molecular weight is 411 g/mol. The molecule has 0 saturated heterocycles. The lowest BCUT2D eigenvalue weighted by Gasteiger charge is -2.38. The third-order valence-corrected chi connectivity index (χ3v) is 6.69. The number of hydrogen-bond donors (Lipinski definition) is 0. The molecule has 1 aliphatic heterocycles. The fraction of sp³-hybridized carbons (Fsp3) is 0.500. The van der Waals surface area contributed by atoms with Gasteiger partial charge in [0.1, 0.15) is 6.54 Å². The summed E-state index contributed by atoms with van der Waals surface area (Å²) in [5, 5.41) is 2.12. The highest BCUT2D eigenvalue weighted by molar-refractivity contribution is 7.10. The summed E-state index contributed by atoms with van der Waals surface area (Å²) in [7, 11) is 0. The van der Waals surface area contributed by atoms with Crippen LogP contribution in [0, 0.1) is 5.41 Å². The first-order chi connectivity index (χ1) is 13.8. The molecule has 5 heteroatoms. The van der Waals surface area contributed by atoms with E-state index in [9.17, 15) is 9.59 Å². The van der Waals surface area contributed by atoms with Crippen LogP contribution in [0.4, 0.5) is 0 Å². The van der Waals surface area contributed by atoms with Crippen LogP contribution >= 0.6 is 11.3 Å². The van der Waals surface area contributed by atoms with Gasteiger partial charge in [-0.2, -0.15) is 0 Å². The molecule has 2 aliphatic rings. The first-order valence-corrected chi connectivity index (χ1v) is 11.4. The predicted molar refractivity (Wildman–Crippen MR) is 117 cm³/mol. The van der Waals surface area contributed by atoms with Crippen LogP contribution in [-0.2, 0) is 16.0 Å². The molecule has 0 radical (unpaired) electrons. The number of benzene rings is 1. The maximum absolute atomic E-state index is 13.5. The van der Waals surface area contributed by atoms with Crippen molar-refractivity contribution in [2.45, 2.75) is 58.5 Å². The van der Waals surface area contributed by atoms with Crippen LogP contribution in [-0.4, -0.2) is 40.7 Å². The number of fused-ring (bicyclic) bond motifs is 1. The predicted octanol–water partition coefficient (Wildman–Crippen LogP) is 4.65.